The van der Waals surface area contributed by atoms with Crippen LogP contribution in [0.25, 0.3) is 16.9 Å². The van der Waals surface area contributed by atoms with Crippen molar-refractivity contribution in [1.29, 1.82) is 0 Å². The van der Waals surface area contributed by atoms with E-state index < -0.39 is 17.6 Å². The predicted molar refractivity (Wildman–Crippen MR) is 127 cm³/mol. The maximum Gasteiger partial charge on any atom is 0.416 e. The van der Waals surface area contributed by atoms with Crippen molar-refractivity contribution in [3.63, 3.8) is 0 Å². The molecule has 0 saturated carbocycles. The van der Waals surface area contributed by atoms with Gasteiger partial charge in [0.1, 0.15) is 0 Å². The van der Waals surface area contributed by atoms with E-state index in [9.17, 15) is 18.0 Å². The Balaban J connectivity index is 1.42. The third kappa shape index (κ3) is 4.77. The lowest BCUT2D eigenvalue weighted by atomic mass is 10.0. The Bertz CT molecular complexity index is 1390. The second kappa shape index (κ2) is 9.14. The van der Waals surface area contributed by atoms with E-state index >= 15 is 0 Å². The summed E-state index contributed by atoms with van der Waals surface area (Å²) in [5.74, 6) is -0.492. The van der Waals surface area contributed by atoms with Gasteiger partial charge in [-0.25, -0.2) is 9.50 Å². The molecule has 3 heterocycles. The highest BCUT2D eigenvalue weighted by molar-refractivity contribution is 6.05. The highest BCUT2D eigenvalue weighted by Gasteiger charge is 2.34. The van der Waals surface area contributed by atoms with E-state index in [-0.39, 0.29) is 17.8 Å². The molecular formula is C26H24F3N5O. The fourth-order valence-corrected chi connectivity index (χ4v) is 4.49. The SMILES string of the molecule is Cc1ccc(C(=O)Nc2ccc(CN3CCCC3)c(C(F)(F)F)c2)cc1-c1cnc2cccnn12. The molecule has 0 unspecified atom stereocenters. The number of benzene rings is 2. The van der Waals surface area contributed by atoms with Gasteiger partial charge in [-0.15, -0.1) is 0 Å². The van der Waals surface area contributed by atoms with E-state index in [2.05, 4.69) is 15.4 Å². The molecular weight excluding hydrogens is 455 g/mol. The highest BCUT2D eigenvalue weighted by atomic mass is 19.4. The molecule has 6 nitrogen and oxygen atoms in total. The molecule has 4 aromatic rings. The first-order valence-electron chi connectivity index (χ1n) is 11.4. The number of aromatic nitrogens is 3. The number of carbonyl (C=O) groups is 1. The van der Waals surface area contributed by atoms with Crippen LogP contribution in [0.2, 0.25) is 0 Å². The smallest absolute Gasteiger partial charge is 0.322 e. The van der Waals surface area contributed by atoms with Gasteiger partial charge in [-0.3, -0.25) is 9.69 Å². The molecule has 1 N–H and O–H groups in total. The zero-order valence-electron chi connectivity index (χ0n) is 19.1. The molecule has 2 aromatic carbocycles. The standard InChI is InChI=1S/C26H24F3N5O/c1-17-6-7-18(13-21(17)23-15-30-24-5-4-10-31-34(23)24)25(35)32-20-9-8-19(16-33-11-2-3-12-33)22(14-20)26(27,28)29/h4-10,13-15H,2-3,11-12,16H2,1H3,(H,32,35). The van der Waals surface area contributed by atoms with Crippen molar-refractivity contribution < 1.29 is 18.0 Å². The largest absolute Gasteiger partial charge is 0.416 e. The van der Waals surface area contributed by atoms with Gasteiger partial charge in [0.05, 0.1) is 17.5 Å². The summed E-state index contributed by atoms with van der Waals surface area (Å²) in [6, 6.07) is 12.8. The molecule has 35 heavy (non-hydrogen) atoms. The molecule has 2 aromatic heterocycles. The van der Waals surface area contributed by atoms with Gasteiger partial charge in [-0.05, 0) is 80.4 Å². The van der Waals surface area contributed by atoms with E-state index in [0.717, 1.165) is 48.8 Å². The summed E-state index contributed by atoms with van der Waals surface area (Å²) in [6.07, 6.45) is 0.817. The van der Waals surface area contributed by atoms with Gasteiger partial charge in [-0.2, -0.15) is 18.3 Å². The molecule has 1 aliphatic heterocycles. The molecule has 1 saturated heterocycles. The third-order valence-corrected chi connectivity index (χ3v) is 6.32. The van der Waals surface area contributed by atoms with Crippen LogP contribution in [-0.4, -0.2) is 38.5 Å². The number of aryl methyl sites for hydroxylation is 1. The number of hydrogen-bond donors (Lipinski definition) is 1. The molecule has 1 fully saturated rings. The molecule has 0 aliphatic carbocycles. The average molecular weight is 480 g/mol. The van der Waals surface area contributed by atoms with Crippen LogP contribution in [0.3, 0.4) is 0 Å². The number of alkyl halides is 3. The summed E-state index contributed by atoms with van der Waals surface area (Å²) in [7, 11) is 0. The monoisotopic (exact) mass is 479 g/mol. The summed E-state index contributed by atoms with van der Waals surface area (Å²) < 4.78 is 43.1. The van der Waals surface area contributed by atoms with Crippen molar-refractivity contribution in [2.45, 2.75) is 32.5 Å². The number of hydrogen-bond acceptors (Lipinski definition) is 4. The minimum atomic E-state index is -4.51. The van der Waals surface area contributed by atoms with Crippen molar-refractivity contribution in [1.82, 2.24) is 19.5 Å². The summed E-state index contributed by atoms with van der Waals surface area (Å²) in [5.41, 5.74) is 3.00. The molecule has 0 bridgehead atoms. The summed E-state index contributed by atoms with van der Waals surface area (Å²) in [6.45, 7) is 3.76. The predicted octanol–water partition coefficient (Wildman–Crippen LogP) is 5.57. The number of amides is 1. The van der Waals surface area contributed by atoms with Crippen LogP contribution in [0.5, 0.6) is 0 Å². The topological polar surface area (TPSA) is 62.5 Å². The minimum Gasteiger partial charge on any atom is -0.322 e. The normalized spacial score (nSPS) is 14.5. The van der Waals surface area contributed by atoms with Gasteiger partial charge >= 0.3 is 6.18 Å². The fourth-order valence-electron chi connectivity index (χ4n) is 4.49. The maximum atomic E-state index is 13.8. The second-order valence-corrected chi connectivity index (χ2v) is 8.77. The molecule has 1 amide bonds. The van der Waals surface area contributed by atoms with Gasteiger partial charge in [-0.1, -0.05) is 12.1 Å². The molecule has 9 heteroatoms. The van der Waals surface area contributed by atoms with Gasteiger partial charge in [0.2, 0.25) is 0 Å². The average Bonchev–Trinajstić information content (AvgIpc) is 3.49. The van der Waals surface area contributed by atoms with Crippen LogP contribution in [0, 0.1) is 6.92 Å². The number of halogens is 3. The van der Waals surface area contributed by atoms with Crippen LogP contribution in [-0.2, 0) is 12.7 Å². The number of anilines is 1. The molecule has 0 atom stereocenters. The zero-order chi connectivity index (χ0) is 24.6. The molecule has 180 valence electrons. The number of nitrogens with one attached hydrogen (secondary N) is 1. The first-order chi connectivity index (χ1) is 16.8. The number of likely N-dealkylation sites (tertiary alicyclic amines) is 1. The van der Waals surface area contributed by atoms with E-state index in [1.165, 1.54) is 12.1 Å². The Morgan fingerprint density at radius 1 is 1.09 bits per heavy atom. The van der Waals surface area contributed by atoms with Gasteiger partial charge in [0, 0.05) is 29.6 Å². The van der Waals surface area contributed by atoms with Crippen molar-refractivity contribution >= 4 is 17.2 Å². The molecule has 0 radical (unpaired) electrons. The lowest BCUT2D eigenvalue weighted by Crippen LogP contribution is -2.21. The van der Waals surface area contributed by atoms with Crippen LogP contribution < -0.4 is 5.32 Å². The minimum absolute atomic E-state index is 0.103. The van der Waals surface area contributed by atoms with Crippen LogP contribution in [0.15, 0.2) is 60.9 Å². The summed E-state index contributed by atoms with van der Waals surface area (Å²) >= 11 is 0. The van der Waals surface area contributed by atoms with Crippen molar-refractivity contribution in [3.05, 3.63) is 83.2 Å². The maximum absolute atomic E-state index is 13.8. The third-order valence-electron chi connectivity index (χ3n) is 6.32. The van der Waals surface area contributed by atoms with Gasteiger partial charge in [0.25, 0.3) is 5.91 Å². The highest BCUT2D eigenvalue weighted by Crippen LogP contribution is 2.35. The lowest BCUT2D eigenvalue weighted by Gasteiger charge is -2.20. The fraction of sp³-hybridized carbons (Fsp3) is 0.269. The van der Waals surface area contributed by atoms with Crippen LogP contribution >= 0.6 is 0 Å². The van der Waals surface area contributed by atoms with E-state index in [1.54, 1.807) is 41.2 Å². The number of rotatable bonds is 5. The molecule has 0 spiro atoms. The first-order valence-corrected chi connectivity index (χ1v) is 11.4. The summed E-state index contributed by atoms with van der Waals surface area (Å²) in [5, 5.41) is 6.95. The van der Waals surface area contributed by atoms with Crippen molar-refractivity contribution in [2.24, 2.45) is 0 Å². The quantitative estimate of drug-likeness (QED) is 0.407. The number of fused-ring (bicyclic) bond motifs is 1. The number of nitrogens with zero attached hydrogens (tertiary/aromatic N) is 4. The zero-order valence-corrected chi connectivity index (χ0v) is 19.1. The van der Waals surface area contributed by atoms with E-state index in [4.69, 9.17) is 0 Å². The van der Waals surface area contributed by atoms with Gasteiger partial charge in [0.15, 0.2) is 5.65 Å². The van der Waals surface area contributed by atoms with Crippen molar-refractivity contribution in [3.8, 4) is 11.3 Å². The van der Waals surface area contributed by atoms with Crippen molar-refractivity contribution in [2.75, 3.05) is 18.4 Å². The Hall–Kier alpha value is -3.72. The van der Waals surface area contributed by atoms with Crippen LogP contribution in [0.4, 0.5) is 18.9 Å². The Morgan fingerprint density at radius 2 is 1.89 bits per heavy atom. The second-order valence-electron chi connectivity index (χ2n) is 8.77. The van der Waals surface area contributed by atoms with E-state index in [1.807, 2.05) is 17.9 Å². The molecule has 1 aliphatic rings. The Morgan fingerprint density at radius 3 is 2.66 bits per heavy atom. The number of carbonyl (C=O) groups excluding carboxylic acids is 1. The van der Waals surface area contributed by atoms with E-state index in [0.29, 0.717) is 11.2 Å². The first kappa shape index (κ1) is 23.0. The Labute approximate surface area is 200 Å². The lowest BCUT2D eigenvalue weighted by molar-refractivity contribution is -0.138. The van der Waals surface area contributed by atoms with Gasteiger partial charge < -0.3 is 5.32 Å². The number of imidazole rings is 1. The van der Waals surface area contributed by atoms with Crippen LogP contribution in [0.1, 0.15) is 39.9 Å². The Kier molecular flexibility index (Phi) is 6.02. The molecule has 5 rings (SSSR count). The summed E-state index contributed by atoms with van der Waals surface area (Å²) in [4.78, 5) is 19.4.